The number of para-hydroxylation sites is 1. The highest BCUT2D eigenvalue weighted by Gasteiger charge is 2.33. The number of likely N-dealkylation sites (tertiary alicyclic amines) is 1. The maximum atomic E-state index is 6.52. The quantitative estimate of drug-likeness (QED) is 0.842. The van der Waals surface area contributed by atoms with Crippen LogP contribution in [-0.4, -0.2) is 20.1 Å². The van der Waals surface area contributed by atoms with Crippen molar-refractivity contribution in [3.63, 3.8) is 0 Å². The largest absolute Gasteiger partial charge is 0.484 e. The number of benzene rings is 2. The van der Waals surface area contributed by atoms with Crippen LogP contribution in [0.3, 0.4) is 0 Å². The summed E-state index contributed by atoms with van der Waals surface area (Å²) in [6.45, 7) is 2.43. The van der Waals surface area contributed by atoms with Crippen LogP contribution in [0.2, 0.25) is 5.02 Å². The summed E-state index contributed by atoms with van der Waals surface area (Å²) in [6.07, 6.45) is 2.51. The molecule has 120 valence electrons. The molecule has 2 aromatic rings. The van der Waals surface area contributed by atoms with Gasteiger partial charge in [0.1, 0.15) is 11.9 Å². The van der Waals surface area contributed by atoms with Gasteiger partial charge in [-0.1, -0.05) is 35.5 Å². The lowest BCUT2D eigenvalue weighted by Gasteiger charge is -2.32. The number of ether oxygens (including phenoxy) is 1. The highest BCUT2D eigenvalue weighted by Crippen LogP contribution is 2.47. The Balaban J connectivity index is 1.76. The fourth-order valence-corrected chi connectivity index (χ4v) is 4.78. The average Bonchev–Trinajstić information content (AvgIpc) is 2.72. The van der Waals surface area contributed by atoms with Gasteiger partial charge in [-0.2, -0.15) is 0 Å². The third-order valence-corrected chi connectivity index (χ3v) is 6.30. The van der Waals surface area contributed by atoms with E-state index in [1.54, 1.807) is 16.7 Å². The van der Waals surface area contributed by atoms with Crippen molar-refractivity contribution >= 4 is 23.4 Å². The highest BCUT2D eigenvalue weighted by atomic mass is 35.5. The molecule has 0 amide bonds. The molecule has 2 aliphatic heterocycles. The standard InChI is InChI=1S/C19H20ClNOS/c1-21-10-8-13(9-11-21)19-15-12-14(20)6-7-17(15)23-18-5-3-2-4-16(18)22-19/h2-7,12-13,19H,8-11H2,1H3/p+1/t19-/m0/s1. The predicted molar refractivity (Wildman–Crippen MR) is 94.7 cm³/mol. The Morgan fingerprint density at radius 3 is 2.70 bits per heavy atom. The summed E-state index contributed by atoms with van der Waals surface area (Å²) < 4.78 is 6.52. The van der Waals surface area contributed by atoms with E-state index in [0.717, 1.165) is 10.8 Å². The number of quaternary nitrogens is 1. The lowest BCUT2D eigenvalue weighted by molar-refractivity contribution is -0.886. The van der Waals surface area contributed by atoms with Crippen molar-refractivity contribution in [3.8, 4) is 5.75 Å². The first kappa shape index (κ1) is 15.4. The molecule has 2 heterocycles. The summed E-state index contributed by atoms with van der Waals surface area (Å²) in [6, 6.07) is 14.6. The second-order valence-electron chi connectivity index (χ2n) is 6.56. The maximum absolute atomic E-state index is 6.52. The first-order valence-electron chi connectivity index (χ1n) is 8.25. The number of nitrogens with one attached hydrogen (secondary N) is 1. The van der Waals surface area contributed by atoms with E-state index in [0.29, 0.717) is 5.92 Å². The van der Waals surface area contributed by atoms with Gasteiger partial charge in [0.25, 0.3) is 0 Å². The van der Waals surface area contributed by atoms with Crippen LogP contribution in [-0.2, 0) is 0 Å². The number of hydrogen-bond donors (Lipinski definition) is 1. The molecule has 1 N–H and O–H groups in total. The molecule has 1 saturated heterocycles. The van der Waals surface area contributed by atoms with Gasteiger partial charge in [-0.3, -0.25) is 0 Å². The van der Waals surface area contributed by atoms with Crippen LogP contribution in [0.5, 0.6) is 5.75 Å². The third kappa shape index (κ3) is 3.10. The second kappa shape index (κ2) is 6.39. The van der Waals surface area contributed by atoms with Gasteiger partial charge in [-0.05, 0) is 30.3 Å². The topological polar surface area (TPSA) is 13.7 Å². The molecule has 0 radical (unpaired) electrons. The molecule has 2 nitrogen and oxygen atoms in total. The lowest BCUT2D eigenvalue weighted by Crippen LogP contribution is -3.10. The van der Waals surface area contributed by atoms with Crippen molar-refractivity contribution in [2.75, 3.05) is 20.1 Å². The zero-order chi connectivity index (χ0) is 15.8. The third-order valence-electron chi connectivity index (χ3n) is 4.91. The van der Waals surface area contributed by atoms with Crippen molar-refractivity contribution in [3.05, 3.63) is 53.1 Å². The molecule has 0 bridgehead atoms. The van der Waals surface area contributed by atoms with E-state index in [2.05, 4.69) is 43.4 Å². The molecule has 0 spiro atoms. The molecule has 0 aliphatic carbocycles. The normalized spacial score (nSPS) is 26.6. The van der Waals surface area contributed by atoms with E-state index in [1.807, 2.05) is 6.07 Å². The zero-order valence-electron chi connectivity index (χ0n) is 13.2. The first-order valence-corrected chi connectivity index (χ1v) is 9.44. The SMILES string of the molecule is C[NH+]1CCC([C@@H]2Oc3ccccc3Sc3ccc(Cl)cc32)CC1. The van der Waals surface area contributed by atoms with Gasteiger partial charge in [0.05, 0.1) is 25.0 Å². The summed E-state index contributed by atoms with van der Waals surface area (Å²) in [7, 11) is 2.28. The van der Waals surface area contributed by atoms with Gasteiger partial charge in [0.15, 0.2) is 0 Å². The lowest BCUT2D eigenvalue weighted by atomic mass is 9.87. The van der Waals surface area contributed by atoms with Crippen molar-refractivity contribution in [1.82, 2.24) is 0 Å². The molecule has 0 unspecified atom stereocenters. The van der Waals surface area contributed by atoms with E-state index < -0.39 is 0 Å². The molecule has 0 saturated carbocycles. The predicted octanol–water partition coefficient (Wildman–Crippen LogP) is 3.85. The van der Waals surface area contributed by atoms with E-state index >= 15 is 0 Å². The van der Waals surface area contributed by atoms with Crippen molar-refractivity contribution in [2.24, 2.45) is 5.92 Å². The van der Waals surface area contributed by atoms with E-state index in [4.69, 9.17) is 16.3 Å². The summed E-state index contributed by atoms with van der Waals surface area (Å²) in [5.74, 6) is 1.56. The zero-order valence-corrected chi connectivity index (χ0v) is 14.8. The molecule has 4 heteroatoms. The van der Waals surface area contributed by atoms with Gasteiger partial charge in [-0.15, -0.1) is 0 Å². The summed E-state index contributed by atoms with van der Waals surface area (Å²) in [5, 5.41) is 0.794. The molecular weight excluding hydrogens is 326 g/mol. The molecule has 2 aromatic carbocycles. The van der Waals surface area contributed by atoms with Gasteiger partial charge in [0, 0.05) is 34.2 Å². The van der Waals surface area contributed by atoms with Crippen LogP contribution in [0.15, 0.2) is 52.3 Å². The summed E-state index contributed by atoms with van der Waals surface area (Å²) in [4.78, 5) is 4.09. The Kier molecular flexibility index (Phi) is 4.27. The van der Waals surface area contributed by atoms with Gasteiger partial charge >= 0.3 is 0 Å². The Morgan fingerprint density at radius 2 is 1.87 bits per heavy atom. The molecule has 4 rings (SSSR count). The fraction of sp³-hybridized carbons (Fsp3) is 0.368. The second-order valence-corrected chi connectivity index (χ2v) is 8.08. The van der Waals surface area contributed by atoms with Crippen molar-refractivity contribution in [2.45, 2.75) is 28.7 Å². The molecular formula is C19H21ClNOS+. The van der Waals surface area contributed by atoms with Crippen LogP contribution in [0, 0.1) is 5.92 Å². The Morgan fingerprint density at radius 1 is 1.09 bits per heavy atom. The summed E-state index contributed by atoms with van der Waals surface area (Å²) >= 11 is 8.09. The maximum Gasteiger partial charge on any atom is 0.134 e. The monoisotopic (exact) mass is 346 g/mol. The molecule has 1 atom stereocenters. The van der Waals surface area contributed by atoms with Crippen LogP contribution in [0.25, 0.3) is 0 Å². The van der Waals surface area contributed by atoms with Crippen molar-refractivity contribution in [1.29, 1.82) is 0 Å². The number of piperidine rings is 1. The van der Waals surface area contributed by atoms with Crippen LogP contribution >= 0.6 is 23.4 Å². The number of hydrogen-bond acceptors (Lipinski definition) is 2. The molecule has 1 fully saturated rings. The van der Waals surface area contributed by atoms with Gasteiger partial charge < -0.3 is 9.64 Å². The minimum Gasteiger partial charge on any atom is -0.484 e. The van der Waals surface area contributed by atoms with E-state index in [9.17, 15) is 0 Å². The van der Waals surface area contributed by atoms with E-state index in [-0.39, 0.29) is 6.10 Å². The average molecular weight is 347 g/mol. The summed E-state index contributed by atoms with van der Waals surface area (Å²) in [5.41, 5.74) is 1.25. The Bertz CT molecular complexity index is 712. The van der Waals surface area contributed by atoms with Crippen LogP contribution < -0.4 is 9.64 Å². The number of rotatable bonds is 1. The fourth-order valence-electron chi connectivity index (χ4n) is 3.57. The van der Waals surface area contributed by atoms with Crippen LogP contribution in [0.4, 0.5) is 0 Å². The van der Waals surface area contributed by atoms with E-state index in [1.165, 1.54) is 41.3 Å². The van der Waals surface area contributed by atoms with Crippen LogP contribution in [0.1, 0.15) is 24.5 Å². The van der Waals surface area contributed by atoms with Crippen molar-refractivity contribution < 1.29 is 9.64 Å². The Hall–Kier alpha value is -1.16. The smallest absolute Gasteiger partial charge is 0.134 e. The molecule has 23 heavy (non-hydrogen) atoms. The highest BCUT2D eigenvalue weighted by molar-refractivity contribution is 7.99. The first-order chi connectivity index (χ1) is 11.2. The minimum absolute atomic E-state index is 0.105. The molecule has 2 aliphatic rings. The molecule has 0 aromatic heterocycles. The Labute approximate surface area is 146 Å². The minimum atomic E-state index is 0.105. The van der Waals surface area contributed by atoms with Gasteiger partial charge in [-0.25, -0.2) is 0 Å². The number of fused-ring (bicyclic) bond motifs is 2. The van der Waals surface area contributed by atoms with Gasteiger partial charge in [0.2, 0.25) is 0 Å². The number of halogens is 1.